The average Bonchev–Trinajstić information content (AvgIpc) is 3.25. The second kappa shape index (κ2) is 5.98. The summed E-state index contributed by atoms with van der Waals surface area (Å²) >= 11 is 0. The maximum absolute atomic E-state index is 5.83. The first-order chi connectivity index (χ1) is 10.4. The van der Waals surface area contributed by atoms with Crippen molar-refractivity contribution >= 4 is 0 Å². The fourth-order valence-corrected chi connectivity index (χ4v) is 3.74. The summed E-state index contributed by atoms with van der Waals surface area (Å²) in [7, 11) is 0. The van der Waals surface area contributed by atoms with E-state index in [9.17, 15) is 0 Å². The van der Waals surface area contributed by atoms with Crippen molar-refractivity contribution in [2.75, 3.05) is 19.7 Å². The lowest BCUT2D eigenvalue weighted by Crippen LogP contribution is -2.37. The number of hydrogen-bond donors (Lipinski definition) is 1. The zero-order chi connectivity index (χ0) is 14.1. The van der Waals surface area contributed by atoms with Gasteiger partial charge in [-0.3, -0.25) is 4.90 Å². The van der Waals surface area contributed by atoms with Gasteiger partial charge >= 0.3 is 0 Å². The third-order valence-corrected chi connectivity index (χ3v) is 5.28. The highest BCUT2D eigenvalue weighted by Gasteiger charge is 2.34. The van der Waals surface area contributed by atoms with Crippen LogP contribution in [-0.2, 0) is 6.54 Å². The molecule has 1 aliphatic carbocycles. The molecule has 1 N–H and O–H groups in total. The highest BCUT2D eigenvalue weighted by atomic mass is 16.5. The molecule has 2 aliphatic heterocycles. The largest absolute Gasteiger partial charge is 0.493 e. The third-order valence-electron chi connectivity index (χ3n) is 5.28. The molecule has 21 heavy (non-hydrogen) atoms. The van der Waals surface area contributed by atoms with E-state index in [-0.39, 0.29) is 0 Å². The molecule has 4 rings (SSSR count). The zero-order valence-corrected chi connectivity index (χ0v) is 12.8. The van der Waals surface area contributed by atoms with E-state index in [0.29, 0.717) is 0 Å². The molecule has 3 nitrogen and oxygen atoms in total. The fraction of sp³-hybridized carbons (Fsp3) is 0.667. The van der Waals surface area contributed by atoms with Crippen LogP contribution in [0.4, 0.5) is 0 Å². The van der Waals surface area contributed by atoms with Gasteiger partial charge in [0.05, 0.1) is 6.61 Å². The van der Waals surface area contributed by atoms with Crippen molar-refractivity contribution in [1.82, 2.24) is 10.2 Å². The van der Waals surface area contributed by atoms with Crippen molar-refractivity contribution < 1.29 is 4.74 Å². The maximum Gasteiger partial charge on any atom is 0.119 e. The first kappa shape index (κ1) is 13.6. The molecule has 2 unspecified atom stereocenters. The summed E-state index contributed by atoms with van der Waals surface area (Å²) in [6.45, 7) is 4.35. The summed E-state index contributed by atoms with van der Waals surface area (Å²) in [4.78, 5) is 2.72. The number of hydrogen-bond acceptors (Lipinski definition) is 3. The Balaban J connectivity index is 1.37. The second-order valence-corrected chi connectivity index (χ2v) is 6.95. The maximum atomic E-state index is 5.83. The average molecular weight is 286 g/mol. The predicted molar refractivity (Wildman–Crippen MR) is 84.5 cm³/mol. The first-order valence-corrected chi connectivity index (χ1v) is 8.57. The van der Waals surface area contributed by atoms with E-state index in [4.69, 9.17) is 4.74 Å². The summed E-state index contributed by atoms with van der Waals surface area (Å²) in [6, 6.07) is 10.3. The summed E-state index contributed by atoms with van der Waals surface area (Å²) in [6.07, 6.45) is 6.75. The summed E-state index contributed by atoms with van der Waals surface area (Å²) in [5, 5.41) is 3.58. The first-order valence-electron chi connectivity index (χ1n) is 8.57. The number of nitrogens with zero attached hydrogens (tertiary/aromatic N) is 1. The lowest BCUT2D eigenvalue weighted by molar-refractivity contribution is 0.193. The van der Waals surface area contributed by atoms with Gasteiger partial charge in [0.2, 0.25) is 0 Å². The minimum absolute atomic E-state index is 0.739. The van der Waals surface area contributed by atoms with E-state index in [1.807, 2.05) is 0 Å². The van der Waals surface area contributed by atoms with Crippen molar-refractivity contribution in [3.05, 3.63) is 29.8 Å². The Bertz CT molecular complexity index is 455. The van der Waals surface area contributed by atoms with Gasteiger partial charge in [-0.25, -0.2) is 0 Å². The number of benzene rings is 1. The number of nitrogens with one attached hydrogen (secondary N) is 1. The Morgan fingerprint density at radius 1 is 1.00 bits per heavy atom. The van der Waals surface area contributed by atoms with Gasteiger partial charge in [-0.2, -0.15) is 0 Å². The van der Waals surface area contributed by atoms with Gasteiger partial charge in [-0.1, -0.05) is 12.1 Å². The van der Waals surface area contributed by atoms with E-state index >= 15 is 0 Å². The predicted octanol–water partition coefficient (Wildman–Crippen LogP) is 2.80. The summed E-state index contributed by atoms with van der Waals surface area (Å²) in [5.74, 6) is 1.86. The molecule has 2 bridgehead atoms. The molecule has 2 atom stereocenters. The van der Waals surface area contributed by atoms with Crippen LogP contribution in [0, 0.1) is 5.92 Å². The van der Waals surface area contributed by atoms with Crippen LogP contribution in [0.3, 0.4) is 0 Å². The van der Waals surface area contributed by atoms with E-state index in [0.717, 1.165) is 36.9 Å². The minimum atomic E-state index is 0.739. The number of ether oxygens (including phenoxy) is 1. The van der Waals surface area contributed by atoms with E-state index in [2.05, 4.69) is 34.5 Å². The molecule has 3 aliphatic rings. The van der Waals surface area contributed by atoms with Gasteiger partial charge in [0.25, 0.3) is 0 Å². The van der Waals surface area contributed by atoms with Crippen LogP contribution in [0.25, 0.3) is 0 Å². The summed E-state index contributed by atoms with van der Waals surface area (Å²) < 4.78 is 5.83. The minimum Gasteiger partial charge on any atom is -0.493 e. The molecule has 114 valence electrons. The van der Waals surface area contributed by atoms with Crippen LogP contribution in [0.2, 0.25) is 0 Å². The standard InChI is InChI=1S/C18H26N2O/c1-2-15(1)13-21-18-7-3-14(4-8-18)12-20-16-5-6-17(20)11-19-10-9-16/h3-4,7-8,15-17,19H,1-2,5-6,9-13H2. The molecule has 2 saturated heterocycles. The molecule has 2 heterocycles. The van der Waals surface area contributed by atoms with E-state index in [1.54, 1.807) is 0 Å². The Kier molecular flexibility index (Phi) is 3.87. The molecule has 1 aromatic carbocycles. The molecule has 0 amide bonds. The second-order valence-electron chi connectivity index (χ2n) is 6.95. The molecule has 1 aromatic rings. The Morgan fingerprint density at radius 3 is 2.62 bits per heavy atom. The molecule has 3 fully saturated rings. The van der Waals surface area contributed by atoms with Gasteiger partial charge in [0, 0.05) is 25.2 Å². The van der Waals surface area contributed by atoms with Crippen LogP contribution in [0.1, 0.15) is 37.7 Å². The van der Waals surface area contributed by atoms with Crippen molar-refractivity contribution in [1.29, 1.82) is 0 Å². The monoisotopic (exact) mass is 286 g/mol. The van der Waals surface area contributed by atoms with E-state index in [1.165, 1.54) is 50.8 Å². The van der Waals surface area contributed by atoms with E-state index < -0.39 is 0 Å². The van der Waals surface area contributed by atoms with Crippen LogP contribution >= 0.6 is 0 Å². The van der Waals surface area contributed by atoms with Crippen molar-refractivity contribution in [3.8, 4) is 5.75 Å². The lowest BCUT2D eigenvalue weighted by Gasteiger charge is -2.27. The third kappa shape index (κ3) is 3.24. The van der Waals surface area contributed by atoms with Crippen LogP contribution in [0.15, 0.2) is 24.3 Å². The molecule has 1 saturated carbocycles. The van der Waals surface area contributed by atoms with Crippen LogP contribution < -0.4 is 10.1 Å². The number of fused-ring (bicyclic) bond motifs is 2. The van der Waals surface area contributed by atoms with Gasteiger partial charge in [0.15, 0.2) is 0 Å². The molecular weight excluding hydrogens is 260 g/mol. The summed E-state index contributed by atoms with van der Waals surface area (Å²) in [5.41, 5.74) is 1.42. The lowest BCUT2D eigenvalue weighted by atomic mass is 10.1. The molecule has 0 spiro atoms. The van der Waals surface area contributed by atoms with Gasteiger partial charge in [-0.15, -0.1) is 0 Å². The Hall–Kier alpha value is -1.06. The van der Waals surface area contributed by atoms with Crippen LogP contribution in [-0.4, -0.2) is 36.7 Å². The van der Waals surface area contributed by atoms with Crippen molar-refractivity contribution in [2.45, 2.75) is 50.7 Å². The molecule has 3 heteroatoms. The van der Waals surface area contributed by atoms with Gasteiger partial charge in [-0.05, 0) is 62.3 Å². The Labute approximate surface area is 127 Å². The highest BCUT2D eigenvalue weighted by molar-refractivity contribution is 5.27. The van der Waals surface area contributed by atoms with Gasteiger partial charge in [0.1, 0.15) is 5.75 Å². The molecule has 0 radical (unpaired) electrons. The van der Waals surface area contributed by atoms with Gasteiger partial charge < -0.3 is 10.1 Å². The number of rotatable bonds is 5. The normalized spacial score (nSPS) is 29.3. The fourth-order valence-electron chi connectivity index (χ4n) is 3.74. The topological polar surface area (TPSA) is 24.5 Å². The quantitative estimate of drug-likeness (QED) is 0.901. The zero-order valence-electron chi connectivity index (χ0n) is 12.8. The molecular formula is C18H26N2O. The van der Waals surface area contributed by atoms with Crippen LogP contribution in [0.5, 0.6) is 5.75 Å². The molecule has 0 aromatic heterocycles. The van der Waals surface area contributed by atoms with Crippen molar-refractivity contribution in [3.63, 3.8) is 0 Å². The van der Waals surface area contributed by atoms with Crippen molar-refractivity contribution in [2.24, 2.45) is 5.92 Å². The highest BCUT2D eigenvalue weighted by Crippen LogP contribution is 2.31. The Morgan fingerprint density at radius 2 is 1.81 bits per heavy atom. The smallest absolute Gasteiger partial charge is 0.119 e. The SMILES string of the molecule is c1cc(OCC2CC2)ccc1CN1C2CCNCC1CC2.